The summed E-state index contributed by atoms with van der Waals surface area (Å²) in [6, 6.07) is 0. The maximum atomic E-state index is 11.6. The van der Waals surface area contributed by atoms with E-state index in [1.54, 1.807) is 0 Å². The van der Waals surface area contributed by atoms with Gasteiger partial charge in [0.2, 0.25) is 0 Å². The molecular weight excluding hydrogens is 322 g/mol. The van der Waals surface area contributed by atoms with Crippen LogP contribution in [-0.2, 0) is 9.47 Å². The van der Waals surface area contributed by atoms with Crippen LogP contribution in [0.15, 0.2) is 0 Å². The van der Waals surface area contributed by atoms with Crippen LogP contribution in [0.3, 0.4) is 0 Å². The van der Waals surface area contributed by atoms with Crippen LogP contribution in [0.4, 0.5) is 4.79 Å². The second kappa shape index (κ2) is 8.88. The summed E-state index contributed by atoms with van der Waals surface area (Å²) < 4.78 is 11.1. The van der Waals surface area contributed by atoms with Gasteiger partial charge in [0.15, 0.2) is 0 Å². The van der Waals surface area contributed by atoms with E-state index < -0.39 is 17.3 Å². The molecule has 0 aliphatic heterocycles. The average molecular weight is 352 g/mol. The molecule has 0 radical (unpaired) electrons. The van der Waals surface area contributed by atoms with Gasteiger partial charge in [-0.2, -0.15) is 0 Å². The molecule has 1 N–H and O–H groups in total. The third-order valence-corrected chi connectivity index (χ3v) is 3.85. The first-order chi connectivity index (χ1) is 9.08. The number of ether oxygens (including phenoxy) is 2. The number of rotatable bonds is 8. The lowest BCUT2D eigenvalue weighted by atomic mass is 10.1. The van der Waals surface area contributed by atoms with Gasteiger partial charge in [-0.1, -0.05) is 29.8 Å². The van der Waals surface area contributed by atoms with Gasteiger partial charge >= 0.3 is 6.09 Å². The molecule has 0 heterocycles. The van der Waals surface area contributed by atoms with Gasteiger partial charge in [-0.05, 0) is 46.5 Å². The highest BCUT2D eigenvalue weighted by Crippen LogP contribution is 2.15. The monoisotopic (exact) mass is 351 g/mol. The molecule has 20 heavy (non-hydrogen) atoms. The fraction of sp³-hybridized carbons (Fsp3) is 0.933. The van der Waals surface area contributed by atoms with E-state index in [-0.39, 0.29) is 0 Å². The van der Waals surface area contributed by atoms with Gasteiger partial charge < -0.3 is 14.8 Å². The second-order valence-electron chi connectivity index (χ2n) is 6.82. The first-order valence-electron chi connectivity index (χ1n) is 7.25. The first kappa shape index (κ1) is 19.7. The number of carbonyl (C=O) groups excluding carboxylic acids is 1. The van der Waals surface area contributed by atoms with Crippen molar-refractivity contribution in [3.05, 3.63) is 0 Å². The van der Waals surface area contributed by atoms with E-state index in [9.17, 15) is 4.79 Å². The fourth-order valence-electron chi connectivity index (χ4n) is 1.52. The van der Waals surface area contributed by atoms with Crippen molar-refractivity contribution in [3.8, 4) is 0 Å². The number of carbonyl (C=O) groups is 1. The molecule has 0 aromatic rings. The van der Waals surface area contributed by atoms with E-state index >= 15 is 0 Å². The number of hydrogen-bond acceptors (Lipinski definition) is 3. The Morgan fingerprint density at radius 2 is 1.85 bits per heavy atom. The van der Waals surface area contributed by atoms with Gasteiger partial charge in [-0.25, -0.2) is 4.79 Å². The zero-order valence-electron chi connectivity index (χ0n) is 13.7. The molecule has 0 saturated heterocycles. The summed E-state index contributed by atoms with van der Waals surface area (Å²) in [6.07, 6.45) is 1.78. The van der Waals surface area contributed by atoms with Crippen molar-refractivity contribution in [2.24, 2.45) is 5.92 Å². The smallest absolute Gasteiger partial charge is 0.407 e. The number of alkyl halides is 1. The molecule has 5 heteroatoms. The van der Waals surface area contributed by atoms with Crippen molar-refractivity contribution in [1.29, 1.82) is 0 Å². The Morgan fingerprint density at radius 3 is 2.30 bits per heavy atom. The summed E-state index contributed by atoms with van der Waals surface area (Å²) in [6.45, 7) is 13.1. The summed E-state index contributed by atoms with van der Waals surface area (Å²) in [7, 11) is 0. The van der Waals surface area contributed by atoms with E-state index in [0.29, 0.717) is 24.4 Å². The minimum Gasteiger partial charge on any atom is -0.444 e. The summed E-state index contributed by atoms with van der Waals surface area (Å²) in [5, 5.41) is 3.43. The van der Waals surface area contributed by atoms with Crippen molar-refractivity contribution in [2.75, 3.05) is 18.5 Å². The topological polar surface area (TPSA) is 47.6 Å². The van der Waals surface area contributed by atoms with E-state index in [2.05, 4.69) is 35.1 Å². The summed E-state index contributed by atoms with van der Waals surface area (Å²) in [5.74, 6) is 0.689. The standard InChI is InChI=1S/C15H30BrNO3/c1-12(2)8-7-9-19-15(6,10-16)11-17-13(18)20-14(3,4)5/h12H,7-11H2,1-6H3,(H,17,18). The lowest BCUT2D eigenvalue weighted by molar-refractivity contribution is -0.0173. The third kappa shape index (κ3) is 10.5. The summed E-state index contributed by atoms with van der Waals surface area (Å²) >= 11 is 3.45. The number of halogens is 1. The van der Waals surface area contributed by atoms with Crippen LogP contribution in [0.2, 0.25) is 0 Å². The molecule has 1 amide bonds. The predicted molar refractivity (Wildman–Crippen MR) is 86.5 cm³/mol. The number of nitrogens with one attached hydrogen (secondary N) is 1. The van der Waals surface area contributed by atoms with Crippen molar-refractivity contribution < 1.29 is 14.3 Å². The molecule has 0 aliphatic carbocycles. The van der Waals surface area contributed by atoms with Gasteiger partial charge in [0, 0.05) is 11.9 Å². The van der Waals surface area contributed by atoms with Gasteiger partial charge in [-0.15, -0.1) is 0 Å². The van der Waals surface area contributed by atoms with Gasteiger partial charge in [0.25, 0.3) is 0 Å². The highest BCUT2D eigenvalue weighted by Gasteiger charge is 2.26. The molecule has 4 nitrogen and oxygen atoms in total. The minimum atomic E-state index is -0.479. The molecule has 120 valence electrons. The van der Waals surface area contributed by atoms with Crippen LogP contribution in [0.1, 0.15) is 54.4 Å². The maximum absolute atomic E-state index is 11.6. The second-order valence-corrected chi connectivity index (χ2v) is 7.38. The minimum absolute atomic E-state index is 0.407. The molecular formula is C15H30BrNO3. The molecule has 0 spiro atoms. The molecule has 0 bridgehead atoms. The zero-order chi connectivity index (χ0) is 15.8. The maximum Gasteiger partial charge on any atom is 0.407 e. The quantitative estimate of drug-likeness (QED) is 0.528. The normalized spacial score (nSPS) is 15.0. The average Bonchev–Trinajstić information content (AvgIpc) is 2.30. The molecule has 0 saturated carbocycles. The lowest BCUT2D eigenvalue weighted by Gasteiger charge is -2.29. The van der Waals surface area contributed by atoms with E-state index in [1.165, 1.54) is 0 Å². The number of amides is 1. The SMILES string of the molecule is CC(C)CCCOC(C)(CBr)CNC(=O)OC(C)(C)C. The molecule has 1 unspecified atom stereocenters. The lowest BCUT2D eigenvalue weighted by Crippen LogP contribution is -2.45. The van der Waals surface area contributed by atoms with Crippen molar-refractivity contribution in [2.45, 2.75) is 65.6 Å². The Labute approximate surface area is 132 Å². The fourth-order valence-corrected chi connectivity index (χ4v) is 1.88. The predicted octanol–water partition coefficient (Wildman–Crippen LogP) is 4.12. The Hall–Kier alpha value is -0.290. The molecule has 0 aromatic carbocycles. The zero-order valence-corrected chi connectivity index (χ0v) is 15.3. The van der Waals surface area contributed by atoms with Crippen molar-refractivity contribution in [3.63, 3.8) is 0 Å². The first-order valence-corrected chi connectivity index (χ1v) is 8.37. The van der Waals surface area contributed by atoms with Crippen LogP contribution >= 0.6 is 15.9 Å². The molecule has 0 aromatic heterocycles. The van der Waals surface area contributed by atoms with E-state index in [0.717, 1.165) is 12.8 Å². The summed E-state index contributed by atoms with van der Waals surface area (Å²) in [4.78, 5) is 11.6. The van der Waals surface area contributed by atoms with Crippen molar-refractivity contribution >= 4 is 22.0 Å². The molecule has 0 aliphatic rings. The van der Waals surface area contributed by atoms with Crippen LogP contribution in [0.5, 0.6) is 0 Å². The van der Waals surface area contributed by atoms with Crippen LogP contribution in [0, 0.1) is 5.92 Å². The van der Waals surface area contributed by atoms with Crippen molar-refractivity contribution in [1.82, 2.24) is 5.32 Å². The highest BCUT2D eigenvalue weighted by molar-refractivity contribution is 9.09. The van der Waals surface area contributed by atoms with Crippen LogP contribution < -0.4 is 5.32 Å². The van der Waals surface area contributed by atoms with Gasteiger partial charge in [0.1, 0.15) is 5.60 Å². The van der Waals surface area contributed by atoms with Crippen LogP contribution in [-0.4, -0.2) is 35.8 Å². The van der Waals surface area contributed by atoms with Gasteiger partial charge in [-0.3, -0.25) is 0 Å². The molecule has 0 rings (SSSR count). The number of hydrogen-bond donors (Lipinski definition) is 1. The Kier molecular flexibility index (Phi) is 8.75. The third-order valence-electron chi connectivity index (χ3n) is 2.66. The molecule has 1 atom stereocenters. The Balaban J connectivity index is 4.07. The van der Waals surface area contributed by atoms with Crippen LogP contribution in [0.25, 0.3) is 0 Å². The van der Waals surface area contributed by atoms with E-state index in [1.807, 2.05) is 27.7 Å². The summed E-state index contributed by atoms with van der Waals surface area (Å²) in [5.41, 5.74) is -0.888. The number of alkyl carbamates (subject to hydrolysis) is 1. The largest absolute Gasteiger partial charge is 0.444 e. The molecule has 0 fully saturated rings. The Bertz CT molecular complexity index is 289. The van der Waals surface area contributed by atoms with E-state index in [4.69, 9.17) is 9.47 Å². The van der Waals surface area contributed by atoms with Gasteiger partial charge in [0.05, 0.1) is 12.1 Å². The Morgan fingerprint density at radius 1 is 1.25 bits per heavy atom. The highest BCUT2D eigenvalue weighted by atomic mass is 79.9.